The van der Waals surface area contributed by atoms with E-state index in [0.29, 0.717) is 11.3 Å². The van der Waals surface area contributed by atoms with Gasteiger partial charge >= 0.3 is 0 Å². The zero-order chi connectivity index (χ0) is 14.4. The fourth-order valence-electron chi connectivity index (χ4n) is 1.94. The van der Waals surface area contributed by atoms with Gasteiger partial charge in [-0.3, -0.25) is 4.79 Å². The highest BCUT2D eigenvalue weighted by Gasteiger charge is 2.11. The minimum atomic E-state index is -0.450. The fourth-order valence-corrected chi connectivity index (χ4v) is 1.94. The van der Waals surface area contributed by atoms with Gasteiger partial charge in [0.25, 0.3) is 0 Å². The molecule has 5 nitrogen and oxygen atoms in total. The maximum absolute atomic E-state index is 11.1. The minimum Gasteiger partial charge on any atom is -0.397 e. The van der Waals surface area contributed by atoms with Gasteiger partial charge in [0.15, 0.2) is 0 Å². The molecule has 106 valence electrons. The second kappa shape index (κ2) is 6.99. The molecular weight excluding hydrogens is 240 g/mol. The van der Waals surface area contributed by atoms with Crippen LogP contribution in [0, 0.1) is 0 Å². The molecule has 0 heterocycles. The van der Waals surface area contributed by atoms with E-state index in [-0.39, 0.29) is 0 Å². The van der Waals surface area contributed by atoms with Crippen LogP contribution in [0.2, 0.25) is 0 Å². The van der Waals surface area contributed by atoms with Crippen molar-refractivity contribution >= 4 is 17.3 Å². The zero-order valence-corrected chi connectivity index (χ0v) is 12.0. The second-order valence-electron chi connectivity index (χ2n) is 4.93. The number of nitrogens with zero attached hydrogens (tertiary/aromatic N) is 2. The number of carbonyl (C=O) groups is 1. The Balaban J connectivity index is 2.92. The number of hydrogen-bond donors (Lipinski definition) is 2. The van der Waals surface area contributed by atoms with E-state index in [1.54, 1.807) is 12.1 Å². The van der Waals surface area contributed by atoms with Crippen LogP contribution in [0.3, 0.4) is 0 Å². The van der Waals surface area contributed by atoms with Gasteiger partial charge in [-0.1, -0.05) is 6.92 Å². The monoisotopic (exact) mass is 264 g/mol. The van der Waals surface area contributed by atoms with Crippen molar-refractivity contribution in [3.05, 3.63) is 23.8 Å². The Labute approximate surface area is 115 Å². The molecule has 0 radical (unpaired) electrons. The average molecular weight is 264 g/mol. The lowest BCUT2D eigenvalue weighted by Crippen LogP contribution is -2.32. The molecule has 1 aromatic carbocycles. The molecule has 1 aromatic rings. The van der Waals surface area contributed by atoms with Crippen molar-refractivity contribution in [2.75, 3.05) is 44.4 Å². The van der Waals surface area contributed by atoms with Crippen molar-refractivity contribution in [1.82, 2.24) is 4.90 Å². The molecule has 0 aliphatic carbocycles. The van der Waals surface area contributed by atoms with Crippen molar-refractivity contribution in [3.8, 4) is 0 Å². The number of carbonyl (C=O) groups excluding carboxylic acids is 1. The number of hydrogen-bond acceptors (Lipinski definition) is 4. The third-order valence-electron chi connectivity index (χ3n) is 2.96. The topological polar surface area (TPSA) is 75.6 Å². The molecule has 0 atom stereocenters. The van der Waals surface area contributed by atoms with Gasteiger partial charge in [-0.2, -0.15) is 0 Å². The normalized spacial score (nSPS) is 10.7. The smallest absolute Gasteiger partial charge is 0.248 e. The SMILES string of the molecule is CCCN(CCN(C)C)c1ccc(C(N)=O)cc1N. The fraction of sp³-hybridized carbons (Fsp3) is 0.500. The molecule has 5 heteroatoms. The van der Waals surface area contributed by atoms with Crippen LogP contribution >= 0.6 is 0 Å². The van der Waals surface area contributed by atoms with Gasteiger partial charge in [-0.05, 0) is 38.7 Å². The van der Waals surface area contributed by atoms with Gasteiger partial charge in [0, 0.05) is 25.2 Å². The van der Waals surface area contributed by atoms with Gasteiger partial charge in [-0.15, -0.1) is 0 Å². The number of nitrogen functional groups attached to an aromatic ring is 1. The number of primary amides is 1. The zero-order valence-electron chi connectivity index (χ0n) is 12.0. The molecule has 19 heavy (non-hydrogen) atoms. The lowest BCUT2D eigenvalue weighted by atomic mass is 10.1. The first-order chi connectivity index (χ1) is 8.95. The third-order valence-corrected chi connectivity index (χ3v) is 2.96. The van der Waals surface area contributed by atoms with Crippen LogP contribution in [0.15, 0.2) is 18.2 Å². The van der Waals surface area contributed by atoms with E-state index in [0.717, 1.165) is 31.7 Å². The third kappa shape index (κ3) is 4.44. The van der Waals surface area contributed by atoms with E-state index in [1.165, 1.54) is 0 Å². The summed E-state index contributed by atoms with van der Waals surface area (Å²) < 4.78 is 0. The van der Waals surface area contributed by atoms with Crippen LogP contribution in [-0.4, -0.2) is 44.5 Å². The average Bonchev–Trinajstić information content (AvgIpc) is 2.34. The molecule has 0 spiro atoms. The first kappa shape index (κ1) is 15.3. The van der Waals surface area contributed by atoms with Gasteiger partial charge in [-0.25, -0.2) is 0 Å². The Morgan fingerprint density at radius 2 is 1.89 bits per heavy atom. The summed E-state index contributed by atoms with van der Waals surface area (Å²) in [5.41, 5.74) is 13.3. The molecule has 4 N–H and O–H groups in total. The lowest BCUT2D eigenvalue weighted by Gasteiger charge is -2.27. The molecule has 0 saturated carbocycles. The molecule has 0 aromatic heterocycles. The number of nitrogens with two attached hydrogens (primary N) is 2. The Morgan fingerprint density at radius 1 is 1.21 bits per heavy atom. The number of rotatable bonds is 7. The highest BCUT2D eigenvalue weighted by Crippen LogP contribution is 2.24. The minimum absolute atomic E-state index is 0.449. The summed E-state index contributed by atoms with van der Waals surface area (Å²) in [5.74, 6) is -0.450. The summed E-state index contributed by atoms with van der Waals surface area (Å²) in [4.78, 5) is 15.5. The number of likely N-dealkylation sites (N-methyl/N-ethyl adjacent to an activating group) is 1. The maximum Gasteiger partial charge on any atom is 0.248 e. The summed E-state index contributed by atoms with van der Waals surface area (Å²) in [5, 5.41) is 0. The van der Waals surface area contributed by atoms with E-state index in [2.05, 4.69) is 16.7 Å². The Kier molecular flexibility index (Phi) is 5.63. The van der Waals surface area contributed by atoms with Gasteiger partial charge in [0.05, 0.1) is 11.4 Å². The van der Waals surface area contributed by atoms with Crippen LogP contribution in [0.5, 0.6) is 0 Å². The molecule has 0 fully saturated rings. The second-order valence-corrected chi connectivity index (χ2v) is 4.93. The van der Waals surface area contributed by atoms with Crippen LogP contribution < -0.4 is 16.4 Å². The van der Waals surface area contributed by atoms with Crippen molar-refractivity contribution in [1.29, 1.82) is 0 Å². The molecule has 0 aliphatic heterocycles. The molecular formula is C14H24N4O. The largest absolute Gasteiger partial charge is 0.397 e. The van der Waals surface area contributed by atoms with Gasteiger partial charge in [0.1, 0.15) is 0 Å². The van der Waals surface area contributed by atoms with Crippen molar-refractivity contribution < 1.29 is 4.79 Å². The predicted molar refractivity (Wildman–Crippen MR) is 80.4 cm³/mol. The number of benzene rings is 1. The Bertz CT molecular complexity index is 431. The van der Waals surface area contributed by atoms with E-state index in [9.17, 15) is 4.79 Å². The molecule has 1 amide bonds. The van der Waals surface area contributed by atoms with Crippen LogP contribution in [0.1, 0.15) is 23.7 Å². The Hall–Kier alpha value is -1.75. The molecule has 0 bridgehead atoms. The molecule has 1 rings (SSSR count). The predicted octanol–water partition coefficient (Wildman–Crippen LogP) is 1.15. The molecule has 0 unspecified atom stereocenters. The standard InChI is InChI=1S/C14H24N4O/c1-4-7-18(9-8-17(2)3)13-6-5-11(14(16)19)10-12(13)15/h5-6,10H,4,7-9,15H2,1-3H3,(H2,16,19). The Morgan fingerprint density at radius 3 is 2.37 bits per heavy atom. The highest BCUT2D eigenvalue weighted by molar-refractivity contribution is 5.94. The van der Waals surface area contributed by atoms with E-state index >= 15 is 0 Å². The summed E-state index contributed by atoms with van der Waals surface area (Å²) >= 11 is 0. The van der Waals surface area contributed by atoms with Crippen LogP contribution in [0.4, 0.5) is 11.4 Å². The van der Waals surface area contributed by atoms with Crippen molar-refractivity contribution in [2.45, 2.75) is 13.3 Å². The number of amides is 1. The maximum atomic E-state index is 11.1. The van der Waals surface area contributed by atoms with Crippen molar-refractivity contribution in [3.63, 3.8) is 0 Å². The van der Waals surface area contributed by atoms with E-state index in [1.807, 2.05) is 20.2 Å². The quantitative estimate of drug-likeness (QED) is 0.724. The summed E-state index contributed by atoms with van der Waals surface area (Å²) in [6.45, 7) is 4.93. The lowest BCUT2D eigenvalue weighted by molar-refractivity contribution is 0.100. The van der Waals surface area contributed by atoms with Gasteiger partial charge < -0.3 is 21.3 Å². The van der Waals surface area contributed by atoms with Crippen LogP contribution in [0.25, 0.3) is 0 Å². The van der Waals surface area contributed by atoms with Crippen molar-refractivity contribution in [2.24, 2.45) is 5.73 Å². The first-order valence-electron chi connectivity index (χ1n) is 6.54. The molecule has 0 saturated heterocycles. The van der Waals surface area contributed by atoms with Crippen LogP contribution in [-0.2, 0) is 0 Å². The van der Waals surface area contributed by atoms with E-state index < -0.39 is 5.91 Å². The summed E-state index contributed by atoms with van der Waals surface area (Å²) in [6, 6.07) is 5.25. The first-order valence-corrected chi connectivity index (χ1v) is 6.54. The van der Waals surface area contributed by atoms with E-state index in [4.69, 9.17) is 11.5 Å². The summed E-state index contributed by atoms with van der Waals surface area (Å²) in [7, 11) is 4.09. The highest BCUT2D eigenvalue weighted by atomic mass is 16.1. The summed E-state index contributed by atoms with van der Waals surface area (Å²) in [6.07, 6.45) is 1.05. The number of anilines is 2. The van der Waals surface area contributed by atoms with Gasteiger partial charge in [0.2, 0.25) is 5.91 Å². The molecule has 0 aliphatic rings.